The number of carbonyl (C=O) groups is 2. The number of nitrogens with one attached hydrogen (secondary N) is 1. The van der Waals surface area contributed by atoms with Crippen LogP contribution in [-0.2, 0) is 16.0 Å². The fraction of sp³-hybridized carbons (Fsp3) is 0.529. The molecule has 0 aliphatic carbocycles. The van der Waals surface area contributed by atoms with Crippen molar-refractivity contribution in [2.75, 3.05) is 26.9 Å². The van der Waals surface area contributed by atoms with Crippen molar-refractivity contribution in [3.63, 3.8) is 0 Å². The van der Waals surface area contributed by atoms with Crippen LogP contribution in [-0.4, -0.2) is 43.9 Å². The first-order valence-corrected chi connectivity index (χ1v) is 7.85. The van der Waals surface area contributed by atoms with Crippen LogP contribution in [0.4, 0.5) is 0 Å². The number of rotatable bonds is 7. The Morgan fingerprint density at radius 2 is 2.09 bits per heavy atom. The van der Waals surface area contributed by atoms with E-state index in [2.05, 4.69) is 5.32 Å². The van der Waals surface area contributed by atoms with Crippen molar-refractivity contribution >= 4 is 11.9 Å². The Balaban J connectivity index is 1.81. The summed E-state index contributed by atoms with van der Waals surface area (Å²) in [5.74, 6) is 0.00866. The number of ether oxygens (including phenoxy) is 2. The molecule has 0 bridgehead atoms. The summed E-state index contributed by atoms with van der Waals surface area (Å²) in [6, 6.07) is 4.78. The lowest BCUT2D eigenvalue weighted by atomic mass is 9.96. The van der Waals surface area contributed by atoms with E-state index in [1.807, 2.05) is 0 Å². The minimum absolute atomic E-state index is 0.0537. The van der Waals surface area contributed by atoms with Gasteiger partial charge in [0.25, 0.3) is 0 Å². The summed E-state index contributed by atoms with van der Waals surface area (Å²) in [6.45, 7) is 1.99. The second-order valence-electron chi connectivity index (χ2n) is 5.69. The van der Waals surface area contributed by atoms with Gasteiger partial charge >= 0.3 is 5.97 Å². The topological polar surface area (TPSA) is 84.9 Å². The van der Waals surface area contributed by atoms with Crippen LogP contribution in [0, 0.1) is 5.92 Å². The van der Waals surface area contributed by atoms with Crippen LogP contribution in [0.1, 0.15) is 35.2 Å². The first kappa shape index (κ1) is 17.3. The highest BCUT2D eigenvalue weighted by Crippen LogP contribution is 2.21. The molecule has 0 saturated carbocycles. The van der Waals surface area contributed by atoms with Crippen molar-refractivity contribution in [1.29, 1.82) is 0 Å². The largest absolute Gasteiger partial charge is 0.496 e. The molecule has 2 rings (SSSR count). The SMILES string of the molecule is COc1cc(C(=O)O)ccc1CCNC(=O)CC1CCOCC1. The molecule has 1 aliphatic heterocycles. The van der Waals surface area contributed by atoms with E-state index in [9.17, 15) is 9.59 Å². The van der Waals surface area contributed by atoms with E-state index in [0.29, 0.717) is 31.1 Å². The van der Waals surface area contributed by atoms with Gasteiger partial charge in [-0.2, -0.15) is 0 Å². The minimum atomic E-state index is -0.986. The Kier molecular flexibility index (Phi) is 6.40. The fourth-order valence-electron chi connectivity index (χ4n) is 2.71. The number of amides is 1. The number of hydrogen-bond acceptors (Lipinski definition) is 4. The normalized spacial score (nSPS) is 15.2. The first-order chi connectivity index (χ1) is 11.1. The Hall–Kier alpha value is -2.08. The summed E-state index contributed by atoms with van der Waals surface area (Å²) in [6.07, 6.45) is 3.02. The molecule has 6 heteroatoms. The highest BCUT2D eigenvalue weighted by molar-refractivity contribution is 5.88. The van der Waals surface area contributed by atoms with Gasteiger partial charge in [0.05, 0.1) is 12.7 Å². The quantitative estimate of drug-likeness (QED) is 0.801. The molecule has 0 aromatic heterocycles. The highest BCUT2D eigenvalue weighted by Gasteiger charge is 2.17. The van der Waals surface area contributed by atoms with Crippen LogP contribution in [0.3, 0.4) is 0 Å². The lowest BCUT2D eigenvalue weighted by Gasteiger charge is -2.21. The molecule has 0 radical (unpaired) electrons. The highest BCUT2D eigenvalue weighted by atomic mass is 16.5. The average Bonchev–Trinajstić information content (AvgIpc) is 2.55. The van der Waals surface area contributed by atoms with Crippen LogP contribution in [0.2, 0.25) is 0 Å². The lowest BCUT2D eigenvalue weighted by molar-refractivity contribution is -0.122. The molecular weight excluding hydrogens is 298 g/mol. The molecule has 0 atom stereocenters. The molecule has 0 spiro atoms. The minimum Gasteiger partial charge on any atom is -0.496 e. The molecule has 1 amide bonds. The molecule has 1 aromatic carbocycles. The molecule has 1 fully saturated rings. The zero-order chi connectivity index (χ0) is 16.7. The van der Waals surface area contributed by atoms with E-state index < -0.39 is 5.97 Å². The number of benzene rings is 1. The maximum atomic E-state index is 11.9. The van der Waals surface area contributed by atoms with Crippen molar-refractivity contribution in [1.82, 2.24) is 5.32 Å². The van der Waals surface area contributed by atoms with E-state index in [-0.39, 0.29) is 11.5 Å². The molecule has 23 heavy (non-hydrogen) atoms. The van der Waals surface area contributed by atoms with Gasteiger partial charge in [-0.05, 0) is 42.9 Å². The predicted molar refractivity (Wildman–Crippen MR) is 84.8 cm³/mol. The number of carboxylic acid groups (broad SMARTS) is 1. The van der Waals surface area contributed by atoms with Crippen molar-refractivity contribution in [2.24, 2.45) is 5.92 Å². The summed E-state index contributed by atoms with van der Waals surface area (Å²) >= 11 is 0. The standard InChI is InChI=1S/C17H23NO5/c1-22-15-11-14(17(20)21)3-2-13(15)4-7-18-16(19)10-12-5-8-23-9-6-12/h2-3,11-12H,4-10H2,1H3,(H,18,19)(H,20,21). The van der Waals surface area contributed by atoms with Crippen LogP contribution < -0.4 is 10.1 Å². The van der Waals surface area contributed by atoms with Gasteiger partial charge in [-0.1, -0.05) is 6.07 Å². The van der Waals surface area contributed by atoms with Crippen LogP contribution >= 0.6 is 0 Å². The maximum absolute atomic E-state index is 11.9. The monoisotopic (exact) mass is 321 g/mol. The number of methoxy groups -OCH3 is 1. The van der Waals surface area contributed by atoms with E-state index in [4.69, 9.17) is 14.6 Å². The Morgan fingerprint density at radius 1 is 1.35 bits per heavy atom. The van der Waals surface area contributed by atoms with E-state index >= 15 is 0 Å². The molecule has 1 heterocycles. The summed E-state index contributed by atoms with van der Waals surface area (Å²) in [5, 5.41) is 11.9. The lowest BCUT2D eigenvalue weighted by Crippen LogP contribution is -2.29. The van der Waals surface area contributed by atoms with E-state index in [0.717, 1.165) is 31.6 Å². The summed E-state index contributed by atoms with van der Waals surface area (Å²) in [4.78, 5) is 22.9. The zero-order valence-electron chi connectivity index (χ0n) is 13.3. The zero-order valence-corrected chi connectivity index (χ0v) is 13.3. The first-order valence-electron chi connectivity index (χ1n) is 7.85. The Labute approximate surface area is 135 Å². The van der Waals surface area contributed by atoms with Crippen molar-refractivity contribution in [3.05, 3.63) is 29.3 Å². The molecule has 1 saturated heterocycles. The molecule has 126 valence electrons. The number of hydrogen-bond donors (Lipinski definition) is 2. The van der Waals surface area contributed by atoms with Crippen LogP contribution in [0.25, 0.3) is 0 Å². The van der Waals surface area contributed by atoms with Crippen molar-refractivity contribution < 1.29 is 24.2 Å². The van der Waals surface area contributed by atoms with Crippen LogP contribution in [0.15, 0.2) is 18.2 Å². The number of carbonyl (C=O) groups excluding carboxylic acids is 1. The summed E-state index contributed by atoms with van der Waals surface area (Å²) in [5.41, 5.74) is 1.07. The van der Waals surface area contributed by atoms with Gasteiger partial charge in [-0.15, -0.1) is 0 Å². The summed E-state index contributed by atoms with van der Waals surface area (Å²) < 4.78 is 10.5. The molecule has 2 N–H and O–H groups in total. The Morgan fingerprint density at radius 3 is 2.74 bits per heavy atom. The fourth-order valence-corrected chi connectivity index (χ4v) is 2.71. The maximum Gasteiger partial charge on any atom is 0.335 e. The molecular formula is C17H23NO5. The van der Waals surface area contributed by atoms with Gasteiger partial charge in [0, 0.05) is 26.2 Å². The van der Waals surface area contributed by atoms with Crippen molar-refractivity contribution in [2.45, 2.75) is 25.7 Å². The van der Waals surface area contributed by atoms with Gasteiger partial charge in [-0.25, -0.2) is 4.79 Å². The average molecular weight is 321 g/mol. The number of carboxylic acids is 1. The third kappa shape index (κ3) is 5.25. The third-order valence-corrected chi connectivity index (χ3v) is 4.07. The molecule has 1 aromatic rings. The van der Waals surface area contributed by atoms with Gasteiger partial charge in [0.15, 0.2) is 0 Å². The van der Waals surface area contributed by atoms with Crippen LogP contribution in [0.5, 0.6) is 5.75 Å². The summed E-state index contributed by atoms with van der Waals surface area (Å²) in [7, 11) is 1.51. The van der Waals surface area contributed by atoms with Gasteiger partial charge in [0.2, 0.25) is 5.91 Å². The Bertz CT molecular complexity index is 552. The van der Waals surface area contributed by atoms with Gasteiger partial charge in [-0.3, -0.25) is 4.79 Å². The second kappa shape index (κ2) is 8.53. The van der Waals surface area contributed by atoms with Gasteiger partial charge < -0.3 is 19.9 Å². The van der Waals surface area contributed by atoms with E-state index in [1.54, 1.807) is 12.1 Å². The second-order valence-corrected chi connectivity index (χ2v) is 5.69. The molecule has 6 nitrogen and oxygen atoms in total. The third-order valence-electron chi connectivity index (χ3n) is 4.07. The number of aromatic carboxylic acids is 1. The smallest absolute Gasteiger partial charge is 0.335 e. The predicted octanol–water partition coefficient (Wildman–Crippen LogP) is 1.87. The van der Waals surface area contributed by atoms with E-state index in [1.165, 1.54) is 13.2 Å². The molecule has 1 aliphatic rings. The molecule has 0 unspecified atom stereocenters. The van der Waals surface area contributed by atoms with Gasteiger partial charge in [0.1, 0.15) is 5.75 Å². The van der Waals surface area contributed by atoms with Crippen molar-refractivity contribution in [3.8, 4) is 5.75 Å².